The Morgan fingerprint density at radius 3 is 2.24 bits per heavy atom. The van der Waals surface area contributed by atoms with Gasteiger partial charge in [-0.3, -0.25) is 9.69 Å². The summed E-state index contributed by atoms with van der Waals surface area (Å²) in [6.07, 6.45) is 7.82. The summed E-state index contributed by atoms with van der Waals surface area (Å²) in [5.74, 6) is 0.461. The first-order valence-electron chi connectivity index (χ1n) is 10.7. The van der Waals surface area contributed by atoms with Crippen molar-refractivity contribution in [1.82, 2.24) is 9.80 Å². The maximum Gasteiger partial charge on any atom is 0.255 e. The van der Waals surface area contributed by atoms with Gasteiger partial charge in [0.15, 0.2) is 0 Å². The van der Waals surface area contributed by atoms with Crippen LogP contribution in [0, 0.1) is 5.92 Å². The molecule has 0 aliphatic heterocycles. The van der Waals surface area contributed by atoms with Gasteiger partial charge in [0.2, 0.25) is 0 Å². The molecule has 2 aromatic rings. The van der Waals surface area contributed by atoms with E-state index in [0.717, 1.165) is 32.1 Å². The molecule has 0 spiro atoms. The molecule has 0 aromatic heterocycles. The Bertz CT molecular complexity index is 757. The van der Waals surface area contributed by atoms with Gasteiger partial charge in [0.25, 0.3) is 5.91 Å². The van der Waals surface area contributed by atoms with Crippen LogP contribution in [0.25, 0.3) is 0 Å². The van der Waals surface area contributed by atoms with Gasteiger partial charge in [0.1, 0.15) is 6.29 Å². The van der Waals surface area contributed by atoms with E-state index in [9.17, 15) is 9.59 Å². The van der Waals surface area contributed by atoms with Gasteiger partial charge in [-0.25, -0.2) is 0 Å². The third-order valence-electron chi connectivity index (χ3n) is 5.83. The Morgan fingerprint density at radius 2 is 1.62 bits per heavy atom. The van der Waals surface area contributed by atoms with Crippen molar-refractivity contribution in [2.75, 3.05) is 13.7 Å². The topological polar surface area (TPSA) is 40.6 Å². The zero-order chi connectivity index (χ0) is 20.5. The number of rotatable bonds is 9. The molecule has 4 nitrogen and oxygen atoms in total. The van der Waals surface area contributed by atoms with E-state index in [0.29, 0.717) is 18.2 Å². The smallest absolute Gasteiger partial charge is 0.255 e. The van der Waals surface area contributed by atoms with Crippen molar-refractivity contribution in [2.24, 2.45) is 5.92 Å². The van der Waals surface area contributed by atoms with E-state index in [1.807, 2.05) is 55.6 Å². The van der Waals surface area contributed by atoms with E-state index in [-0.39, 0.29) is 11.9 Å². The highest BCUT2D eigenvalue weighted by Crippen LogP contribution is 2.28. The van der Waals surface area contributed by atoms with Crippen LogP contribution in [-0.4, -0.2) is 41.8 Å². The summed E-state index contributed by atoms with van der Waals surface area (Å²) < 4.78 is 0. The first-order valence-corrected chi connectivity index (χ1v) is 10.7. The Labute approximate surface area is 174 Å². The first-order chi connectivity index (χ1) is 14.2. The molecule has 4 heteroatoms. The maximum atomic E-state index is 13.3. The fourth-order valence-corrected chi connectivity index (χ4v) is 4.29. The van der Waals surface area contributed by atoms with Gasteiger partial charge in [-0.05, 0) is 37.1 Å². The van der Waals surface area contributed by atoms with E-state index >= 15 is 0 Å². The number of carbonyl (C=O) groups excluding carboxylic acids is 2. The van der Waals surface area contributed by atoms with Crippen LogP contribution in [0.4, 0.5) is 0 Å². The van der Waals surface area contributed by atoms with Crippen LogP contribution < -0.4 is 0 Å². The van der Waals surface area contributed by atoms with Gasteiger partial charge < -0.3 is 9.69 Å². The minimum absolute atomic E-state index is 0.0709. The molecule has 2 aromatic carbocycles. The molecular weight excluding hydrogens is 360 g/mol. The highest BCUT2D eigenvalue weighted by Gasteiger charge is 2.28. The van der Waals surface area contributed by atoms with Crippen LogP contribution in [0.3, 0.4) is 0 Å². The molecule has 1 amide bonds. The number of aldehydes is 1. The molecule has 0 saturated heterocycles. The first kappa shape index (κ1) is 21.3. The highest BCUT2D eigenvalue weighted by atomic mass is 16.2. The molecule has 0 heterocycles. The van der Waals surface area contributed by atoms with Crippen molar-refractivity contribution >= 4 is 12.2 Å². The molecule has 1 fully saturated rings. The minimum atomic E-state index is -0.385. The number of hydrogen-bond donors (Lipinski definition) is 0. The van der Waals surface area contributed by atoms with Crippen LogP contribution in [0.15, 0.2) is 60.7 Å². The summed E-state index contributed by atoms with van der Waals surface area (Å²) in [6.45, 7) is 1.16. The zero-order valence-electron chi connectivity index (χ0n) is 17.4. The highest BCUT2D eigenvalue weighted by molar-refractivity contribution is 5.95. The summed E-state index contributed by atoms with van der Waals surface area (Å²) in [4.78, 5) is 29.3. The van der Waals surface area contributed by atoms with Crippen LogP contribution >= 0.6 is 0 Å². The lowest BCUT2D eigenvalue weighted by Gasteiger charge is -2.35. The molecule has 1 aliphatic carbocycles. The molecule has 1 atom stereocenters. The standard InChI is InChI=1S/C25H32N2O2/c1-26(18-22-13-7-3-8-14-22)20-27(25(29)23-15-9-4-10-16-23)24(19-28)17-21-11-5-2-6-12-21/h3-4,7-10,13-16,19,21,24H,2,5-6,11-12,17-18,20H2,1H3. The van der Waals surface area contributed by atoms with Gasteiger partial charge >= 0.3 is 0 Å². The van der Waals surface area contributed by atoms with Gasteiger partial charge in [-0.1, -0.05) is 80.6 Å². The summed E-state index contributed by atoms with van der Waals surface area (Å²) >= 11 is 0. The third kappa shape index (κ3) is 6.26. The SMILES string of the molecule is CN(Cc1ccccc1)CN(C(=O)c1ccccc1)C(C=O)CC1CCCCC1. The number of hydrogen-bond acceptors (Lipinski definition) is 3. The Morgan fingerprint density at radius 1 is 1.00 bits per heavy atom. The van der Waals surface area contributed by atoms with E-state index in [1.54, 1.807) is 4.90 Å². The van der Waals surface area contributed by atoms with Crippen molar-refractivity contribution < 1.29 is 9.59 Å². The van der Waals surface area contributed by atoms with Gasteiger partial charge in [-0.2, -0.15) is 0 Å². The molecule has 154 valence electrons. The van der Waals surface area contributed by atoms with E-state index < -0.39 is 0 Å². The summed E-state index contributed by atoms with van der Waals surface area (Å²) in [5.41, 5.74) is 1.83. The summed E-state index contributed by atoms with van der Waals surface area (Å²) in [5, 5.41) is 0. The van der Waals surface area contributed by atoms with Crippen LogP contribution in [0.5, 0.6) is 0 Å². The maximum absolute atomic E-state index is 13.3. The van der Waals surface area contributed by atoms with Gasteiger partial charge in [0.05, 0.1) is 12.7 Å². The number of nitrogens with zero attached hydrogens (tertiary/aromatic N) is 2. The molecule has 1 unspecified atom stereocenters. The lowest BCUT2D eigenvalue weighted by atomic mass is 9.84. The lowest BCUT2D eigenvalue weighted by molar-refractivity contribution is -0.113. The van der Waals surface area contributed by atoms with Crippen molar-refractivity contribution in [2.45, 2.75) is 51.1 Å². The van der Waals surface area contributed by atoms with E-state index in [1.165, 1.54) is 24.8 Å². The van der Waals surface area contributed by atoms with Crippen LogP contribution in [0.1, 0.15) is 54.4 Å². The monoisotopic (exact) mass is 392 g/mol. The zero-order valence-corrected chi connectivity index (χ0v) is 17.4. The molecule has 3 rings (SSSR count). The normalized spacial score (nSPS) is 15.8. The third-order valence-corrected chi connectivity index (χ3v) is 5.83. The second-order valence-electron chi connectivity index (χ2n) is 8.23. The predicted molar refractivity (Wildman–Crippen MR) is 116 cm³/mol. The fourth-order valence-electron chi connectivity index (χ4n) is 4.29. The van der Waals surface area contributed by atoms with Gasteiger partial charge in [0, 0.05) is 12.1 Å². The van der Waals surface area contributed by atoms with Crippen LogP contribution in [-0.2, 0) is 11.3 Å². The molecule has 0 N–H and O–H groups in total. The predicted octanol–water partition coefficient (Wildman–Crippen LogP) is 4.76. The molecule has 29 heavy (non-hydrogen) atoms. The fraction of sp³-hybridized carbons (Fsp3) is 0.440. The Balaban J connectivity index is 1.75. The van der Waals surface area contributed by atoms with Crippen LogP contribution in [0.2, 0.25) is 0 Å². The van der Waals surface area contributed by atoms with Crippen molar-refractivity contribution in [3.63, 3.8) is 0 Å². The number of amides is 1. The molecular formula is C25H32N2O2. The van der Waals surface area contributed by atoms with Gasteiger partial charge in [-0.15, -0.1) is 0 Å². The Kier molecular flexibility index (Phi) is 8.00. The molecule has 1 saturated carbocycles. The quantitative estimate of drug-likeness (QED) is 0.456. The summed E-state index contributed by atoms with van der Waals surface area (Å²) in [6, 6.07) is 19.1. The second-order valence-corrected chi connectivity index (χ2v) is 8.23. The van der Waals surface area contributed by atoms with Crippen molar-refractivity contribution in [3.05, 3.63) is 71.8 Å². The lowest BCUT2D eigenvalue weighted by Crippen LogP contribution is -2.47. The molecule has 0 bridgehead atoms. The largest absolute Gasteiger partial charge is 0.316 e. The van der Waals surface area contributed by atoms with E-state index in [2.05, 4.69) is 17.0 Å². The Hall–Kier alpha value is -2.46. The number of benzene rings is 2. The average Bonchev–Trinajstić information content (AvgIpc) is 2.77. The summed E-state index contributed by atoms with van der Waals surface area (Å²) in [7, 11) is 2.00. The molecule has 0 radical (unpaired) electrons. The van der Waals surface area contributed by atoms with Crippen molar-refractivity contribution in [3.8, 4) is 0 Å². The van der Waals surface area contributed by atoms with E-state index in [4.69, 9.17) is 0 Å². The average molecular weight is 393 g/mol. The number of carbonyl (C=O) groups is 2. The minimum Gasteiger partial charge on any atom is -0.316 e. The molecule has 1 aliphatic rings. The second kappa shape index (κ2) is 10.9. The van der Waals surface area contributed by atoms with Crippen molar-refractivity contribution in [1.29, 1.82) is 0 Å².